The molecule has 0 saturated heterocycles. The zero-order valence-electron chi connectivity index (χ0n) is 14.4. The molecule has 0 radical (unpaired) electrons. The zero-order chi connectivity index (χ0) is 18.4. The normalized spacial score (nSPS) is 13.1. The van der Waals surface area contributed by atoms with Gasteiger partial charge in [0.1, 0.15) is 11.5 Å². The highest BCUT2D eigenvalue weighted by atomic mass is 32.2. The van der Waals surface area contributed by atoms with Crippen molar-refractivity contribution in [3.8, 4) is 0 Å². The van der Waals surface area contributed by atoms with E-state index >= 15 is 0 Å². The van der Waals surface area contributed by atoms with E-state index in [0.717, 1.165) is 23.3 Å². The predicted octanol–water partition coefficient (Wildman–Crippen LogP) is 2.44. The number of nitrogens with one attached hydrogen (secondary N) is 1. The van der Waals surface area contributed by atoms with Crippen LogP contribution in [0.15, 0.2) is 40.0 Å². The van der Waals surface area contributed by atoms with Crippen molar-refractivity contribution in [1.82, 2.24) is 14.7 Å². The van der Waals surface area contributed by atoms with Crippen LogP contribution in [-0.2, 0) is 9.84 Å². The second-order valence-corrected chi connectivity index (χ2v) is 7.94. The van der Waals surface area contributed by atoms with Crippen LogP contribution < -0.4 is 5.32 Å². The molecule has 3 heterocycles. The number of imidazole rings is 1. The summed E-state index contributed by atoms with van der Waals surface area (Å²) in [6.07, 6.45) is 2.64. The number of hydrogen-bond acceptors (Lipinski definition) is 5. The summed E-state index contributed by atoms with van der Waals surface area (Å²) in [5, 5.41) is 2.70. The molecule has 7 nitrogen and oxygen atoms in total. The fraction of sp³-hybridized carbons (Fsp3) is 0.294. The monoisotopic (exact) mass is 361 g/mol. The molecular formula is C17H19N3O4S. The van der Waals surface area contributed by atoms with Crippen molar-refractivity contribution < 1.29 is 17.6 Å². The van der Waals surface area contributed by atoms with Crippen LogP contribution in [0.2, 0.25) is 0 Å². The van der Waals surface area contributed by atoms with E-state index in [1.807, 2.05) is 26.8 Å². The summed E-state index contributed by atoms with van der Waals surface area (Å²) >= 11 is 0. The van der Waals surface area contributed by atoms with Crippen LogP contribution in [0.3, 0.4) is 0 Å². The summed E-state index contributed by atoms with van der Waals surface area (Å²) in [6, 6.07) is 6.65. The van der Waals surface area contributed by atoms with Gasteiger partial charge in [0.15, 0.2) is 5.69 Å². The number of nitrogens with zero attached hydrogens (tertiary/aromatic N) is 2. The van der Waals surface area contributed by atoms with Gasteiger partial charge in [-0.15, -0.1) is 0 Å². The van der Waals surface area contributed by atoms with Crippen molar-refractivity contribution in [2.24, 2.45) is 0 Å². The molecule has 0 fully saturated rings. The molecular weight excluding hydrogens is 342 g/mol. The summed E-state index contributed by atoms with van der Waals surface area (Å²) in [7, 11) is -3.57. The maximum absolute atomic E-state index is 12.7. The van der Waals surface area contributed by atoms with Crippen LogP contribution in [0.25, 0.3) is 5.52 Å². The number of carbonyl (C=O) groups is 1. The largest absolute Gasteiger partial charge is 0.466 e. The first-order valence-corrected chi connectivity index (χ1v) is 9.62. The van der Waals surface area contributed by atoms with Crippen molar-refractivity contribution in [1.29, 1.82) is 0 Å². The molecule has 1 unspecified atom stereocenters. The molecule has 1 N–H and O–H groups in total. The van der Waals surface area contributed by atoms with E-state index in [9.17, 15) is 13.2 Å². The Labute approximate surface area is 145 Å². The first kappa shape index (κ1) is 17.2. The summed E-state index contributed by atoms with van der Waals surface area (Å²) in [4.78, 5) is 16.8. The number of aryl methyl sites for hydroxylation is 2. The van der Waals surface area contributed by atoms with Crippen LogP contribution in [0.4, 0.5) is 0 Å². The molecule has 1 amide bonds. The maximum Gasteiger partial charge on any atom is 0.272 e. The van der Waals surface area contributed by atoms with E-state index < -0.39 is 15.7 Å². The Morgan fingerprint density at radius 2 is 2.04 bits per heavy atom. The molecule has 132 valence electrons. The number of amides is 1. The van der Waals surface area contributed by atoms with Gasteiger partial charge in [0.05, 0.1) is 11.6 Å². The molecule has 0 aliphatic heterocycles. The van der Waals surface area contributed by atoms with Crippen LogP contribution >= 0.6 is 0 Å². The van der Waals surface area contributed by atoms with Gasteiger partial charge >= 0.3 is 0 Å². The minimum atomic E-state index is -3.57. The molecule has 3 aromatic rings. The predicted molar refractivity (Wildman–Crippen MR) is 92.4 cm³/mol. The number of carbonyl (C=O) groups excluding carboxylic acids is 1. The summed E-state index contributed by atoms with van der Waals surface area (Å²) < 4.78 is 30.8. The molecule has 8 heteroatoms. The van der Waals surface area contributed by atoms with Crippen molar-refractivity contribution >= 4 is 21.3 Å². The third-order valence-electron chi connectivity index (χ3n) is 3.96. The molecule has 0 aliphatic carbocycles. The number of aromatic nitrogens is 2. The molecule has 0 aromatic carbocycles. The number of furan rings is 1. The van der Waals surface area contributed by atoms with Crippen molar-refractivity contribution in [2.45, 2.75) is 32.0 Å². The number of hydrogen-bond donors (Lipinski definition) is 1. The van der Waals surface area contributed by atoms with Gasteiger partial charge in [-0.25, -0.2) is 13.4 Å². The Balaban J connectivity index is 1.99. The highest BCUT2D eigenvalue weighted by molar-refractivity contribution is 7.90. The van der Waals surface area contributed by atoms with Crippen LogP contribution in [0.1, 0.15) is 40.5 Å². The minimum absolute atomic E-state index is 0.0748. The molecule has 3 rings (SSSR count). The van der Waals surface area contributed by atoms with E-state index in [4.69, 9.17) is 4.42 Å². The van der Waals surface area contributed by atoms with Gasteiger partial charge in [-0.2, -0.15) is 0 Å². The molecule has 0 bridgehead atoms. The smallest absolute Gasteiger partial charge is 0.272 e. The van der Waals surface area contributed by atoms with Gasteiger partial charge in [-0.05, 0) is 39.0 Å². The quantitative estimate of drug-likeness (QED) is 0.770. The summed E-state index contributed by atoms with van der Waals surface area (Å²) in [6.45, 7) is 5.51. The second-order valence-electron chi connectivity index (χ2n) is 6.03. The Kier molecular flexibility index (Phi) is 4.16. The van der Waals surface area contributed by atoms with Crippen LogP contribution in [-0.4, -0.2) is 30.0 Å². The van der Waals surface area contributed by atoms with Gasteiger partial charge in [0.2, 0.25) is 15.0 Å². The topological polar surface area (TPSA) is 93.7 Å². The van der Waals surface area contributed by atoms with Crippen LogP contribution in [0.5, 0.6) is 0 Å². The van der Waals surface area contributed by atoms with Gasteiger partial charge in [-0.3, -0.25) is 9.20 Å². The van der Waals surface area contributed by atoms with Crippen molar-refractivity contribution in [3.63, 3.8) is 0 Å². The standard InChI is InChI=1S/C17H19N3O4S/c1-10-9-13(12(3)24-10)11(2)18-16(21)15-14-7-5-6-8-20(14)17(19-15)25(4,22)23/h5-9,11H,1-4H3,(H,18,21). The van der Waals surface area contributed by atoms with E-state index in [1.54, 1.807) is 24.4 Å². The average Bonchev–Trinajstić information content (AvgIpc) is 3.07. The number of sulfone groups is 1. The second kappa shape index (κ2) is 6.03. The molecule has 0 spiro atoms. The Morgan fingerprint density at radius 3 is 2.64 bits per heavy atom. The van der Waals surface area contributed by atoms with Gasteiger partial charge in [0.25, 0.3) is 5.91 Å². The minimum Gasteiger partial charge on any atom is -0.466 e. The third-order valence-corrected chi connectivity index (χ3v) is 4.91. The van der Waals surface area contributed by atoms with E-state index in [1.165, 1.54) is 4.40 Å². The lowest BCUT2D eigenvalue weighted by Gasteiger charge is -2.12. The average molecular weight is 361 g/mol. The first-order valence-electron chi connectivity index (χ1n) is 7.73. The highest BCUT2D eigenvalue weighted by Crippen LogP contribution is 2.22. The third kappa shape index (κ3) is 3.17. The molecule has 3 aromatic heterocycles. The lowest BCUT2D eigenvalue weighted by atomic mass is 10.1. The fourth-order valence-corrected chi connectivity index (χ4v) is 3.64. The summed E-state index contributed by atoms with van der Waals surface area (Å²) in [5.41, 5.74) is 1.39. The maximum atomic E-state index is 12.7. The summed E-state index contributed by atoms with van der Waals surface area (Å²) in [5.74, 6) is 1.06. The van der Waals surface area contributed by atoms with E-state index in [0.29, 0.717) is 5.52 Å². The molecule has 1 atom stereocenters. The van der Waals surface area contributed by atoms with E-state index in [-0.39, 0.29) is 16.9 Å². The van der Waals surface area contributed by atoms with Gasteiger partial charge in [-0.1, -0.05) is 6.07 Å². The van der Waals surface area contributed by atoms with Gasteiger partial charge in [0, 0.05) is 18.0 Å². The van der Waals surface area contributed by atoms with Crippen molar-refractivity contribution in [2.75, 3.05) is 6.26 Å². The molecule has 25 heavy (non-hydrogen) atoms. The Hall–Kier alpha value is -2.61. The molecule has 0 saturated carbocycles. The Morgan fingerprint density at radius 1 is 1.32 bits per heavy atom. The highest BCUT2D eigenvalue weighted by Gasteiger charge is 2.24. The van der Waals surface area contributed by atoms with E-state index in [2.05, 4.69) is 10.3 Å². The number of rotatable bonds is 4. The lowest BCUT2D eigenvalue weighted by molar-refractivity contribution is 0.0936. The lowest BCUT2D eigenvalue weighted by Crippen LogP contribution is -2.27. The first-order chi connectivity index (χ1) is 11.7. The SMILES string of the molecule is Cc1cc(C(C)NC(=O)c2nc(S(C)(=O)=O)n3ccccc23)c(C)o1. The number of fused-ring (bicyclic) bond motifs is 1. The van der Waals surface area contributed by atoms with Gasteiger partial charge < -0.3 is 9.73 Å². The Bertz CT molecular complexity index is 1060. The zero-order valence-corrected chi connectivity index (χ0v) is 15.2. The molecule has 0 aliphatic rings. The number of pyridine rings is 1. The fourth-order valence-electron chi connectivity index (χ4n) is 2.86. The van der Waals surface area contributed by atoms with Crippen LogP contribution in [0, 0.1) is 13.8 Å². The van der Waals surface area contributed by atoms with Crippen molar-refractivity contribution in [3.05, 3.63) is 53.2 Å².